The van der Waals surface area contributed by atoms with Gasteiger partial charge in [-0.3, -0.25) is 4.79 Å². The minimum Gasteiger partial charge on any atom is -0.336 e. The molecule has 1 aromatic heterocycles. The molecule has 0 atom stereocenters. The molecule has 0 spiro atoms. The van der Waals surface area contributed by atoms with Gasteiger partial charge in [0, 0.05) is 24.5 Å². The van der Waals surface area contributed by atoms with Crippen LogP contribution >= 0.6 is 23.2 Å². The molecule has 1 saturated carbocycles. The summed E-state index contributed by atoms with van der Waals surface area (Å²) in [5.74, 6) is -0.996. The molecule has 0 aliphatic heterocycles. The number of aromatic nitrogens is 2. The molecule has 1 amide bonds. The highest BCUT2D eigenvalue weighted by Crippen LogP contribution is 2.33. The zero-order chi connectivity index (χ0) is 21.2. The second-order valence-electron chi connectivity index (χ2n) is 6.74. The van der Waals surface area contributed by atoms with Crippen LogP contribution in [0.4, 0.5) is 24.8 Å². The van der Waals surface area contributed by atoms with Crippen LogP contribution < -0.4 is 5.32 Å². The van der Waals surface area contributed by atoms with Crippen molar-refractivity contribution in [1.29, 1.82) is 0 Å². The third kappa shape index (κ3) is 4.93. The number of nitrogens with zero attached hydrogens (tertiary/aromatic N) is 3. The summed E-state index contributed by atoms with van der Waals surface area (Å²) in [7, 11) is 0. The van der Waals surface area contributed by atoms with Crippen LogP contribution in [0.2, 0.25) is 10.0 Å². The number of hydrogen-bond donors (Lipinski definition) is 1. The minimum absolute atomic E-state index is 0.0532. The van der Waals surface area contributed by atoms with Gasteiger partial charge in [-0.25, -0.2) is 9.97 Å². The van der Waals surface area contributed by atoms with Crippen LogP contribution in [0.5, 0.6) is 0 Å². The van der Waals surface area contributed by atoms with Gasteiger partial charge in [0.25, 0.3) is 5.91 Å². The van der Waals surface area contributed by atoms with Crippen molar-refractivity contribution in [3.8, 4) is 0 Å². The van der Waals surface area contributed by atoms with E-state index in [9.17, 15) is 18.0 Å². The number of halogens is 5. The SMILES string of the molecule is CCN(C(=O)c1cnc(Nc2ccc(Cl)c(Cl)c2)nc1C(F)(F)F)C1CCCC1. The third-order valence-electron chi connectivity index (χ3n) is 4.83. The van der Waals surface area contributed by atoms with Gasteiger partial charge in [0.2, 0.25) is 5.95 Å². The van der Waals surface area contributed by atoms with Crippen LogP contribution in [-0.4, -0.2) is 33.4 Å². The second kappa shape index (κ2) is 8.75. The Bertz CT molecular complexity index is 902. The van der Waals surface area contributed by atoms with Gasteiger partial charge in [-0.15, -0.1) is 0 Å². The van der Waals surface area contributed by atoms with Crippen LogP contribution in [0.3, 0.4) is 0 Å². The quantitative estimate of drug-likeness (QED) is 0.616. The largest absolute Gasteiger partial charge is 0.434 e. The van der Waals surface area contributed by atoms with Gasteiger partial charge in [-0.1, -0.05) is 36.0 Å². The molecular formula is C19H19Cl2F3N4O. The molecule has 3 rings (SSSR count). The summed E-state index contributed by atoms with van der Waals surface area (Å²) >= 11 is 11.8. The minimum atomic E-state index is -4.81. The first-order chi connectivity index (χ1) is 13.7. The second-order valence-corrected chi connectivity index (χ2v) is 7.55. The lowest BCUT2D eigenvalue weighted by Crippen LogP contribution is -2.39. The number of carbonyl (C=O) groups is 1. The van der Waals surface area contributed by atoms with E-state index in [-0.39, 0.29) is 17.0 Å². The van der Waals surface area contributed by atoms with Gasteiger partial charge in [0.1, 0.15) is 0 Å². The number of hydrogen-bond acceptors (Lipinski definition) is 4. The topological polar surface area (TPSA) is 58.1 Å². The molecule has 0 unspecified atom stereocenters. The van der Waals surface area contributed by atoms with Crippen molar-refractivity contribution in [2.24, 2.45) is 0 Å². The maximum Gasteiger partial charge on any atom is 0.434 e. The van der Waals surface area contributed by atoms with E-state index in [0.29, 0.717) is 17.3 Å². The number of rotatable bonds is 5. The number of carbonyl (C=O) groups excluding carboxylic acids is 1. The molecule has 10 heteroatoms. The van der Waals surface area contributed by atoms with Crippen LogP contribution in [-0.2, 0) is 6.18 Å². The molecule has 0 radical (unpaired) electrons. The maximum absolute atomic E-state index is 13.7. The number of anilines is 2. The molecule has 0 saturated heterocycles. The maximum atomic E-state index is 13.7. The molecule has 1 fully saturated rings. The monoisotopic (exact) mass is 446 g/mol. The van der Waals surface area contributed by atoms with E-state index in [0.717, 1.165) is 31.9 Å². The lowest BCUT2D eigenvalue weighted by molar-refractivity contribution is -0.141. The Hall–Kier alpha value is -2.06. The fraction of sp³-hybridized carbons (Fsp3) is 0.421. The van der Waals surface area contributed by atoms with Crippen LogP contribution in [0.1, 0.15) is 48.7 Å². The normalized spacial score (nSPS) is 14.8. The van der Waals surface area contributed by atoms with Gasteiger partial charge in [0.15, 0.2) is 5.69 Å². The van der Waals surface area contributed by atoms with E-state index in [1.807, 2.05) is 0 Å². The highest BCUT2D eigenvalue weighted by atomic mass is 35.5. The molecule has 29 heavy (non-hydrogen) atoms. The van der Waals surface area contributed by atoms with Gasteiger partial charge >= 0.3 is 6.18 Å². The first-order valence-electron chi connectivity index (χ1n) is 9.18. The van der Waals surface area contributed by atoms with E-state index in [1.54, 1.807) is 6.92 Å². The summed E-state index contributed by atoms with van der Waals surface area (Å²) in [5.41, 5.74) is -1.45. The molecule has 1 aliphatic carbocycles. The number of benzene rings is 1. The lowest BCUT2D eigenvalue weighted by atomic mass is 10.1. The Morgan fingerprint density at radius 2 is 1.93 bits per heavy atom. The van der Waals surface area contributed by atoms with Gasteiger partial charge in [0.05, 0.1) is 15.6 Å². The predicted molar refractivity (Wildman–Crippen MR) is 106 cm³/mol. The summed E-state index contributed by atoms with van der Waals surface area (Å²) in [4.78, 5) is 21.9. The molecule has 156 valence electrons. The molecular weight excluding hydrogens is 428 g/mol. The first-order valence-corrected chi connectivity index (χ1v) is 9.93. The molecule has 1 N–H and O–H groups in total. The Labute approximate surface area is 176 Å². The van der Waals surface area contributed by atoms with Crippen molar-refractivity contribution in [3.05, 3.63) is 45.7 Å². The highest BCUT2D eigenvalue weighted by molar-refractivity contribution is 6.42. The van der Waals surface area contributed by atoms with E-state index < -0.39 is 23.3 Å². The van der Waals surface area contributed by atoms with Crippen molar-refractivity contribution < 1.29 is 18.0 Å². The van der Waals surface area contributed by atoms with Crippen molar-refractivity contribution in [2.45, 2.75) is 44.8 Å². The molecule has 0 bridgehead atoms. The fourth-order valence-electron chi connectivity index (χ4n) is 3.46. The number of alkyl halides is 3. The molecule has 1 aliphatic rings. The zero-order valence-electron chi connectivity index (χ0n) is 15.6. The molecule has 2 aromatic rings. The fourth-order valence-corrected chi connectivity index (χ4v) is 3.75. The smallest absolute Gasteiger partial charge is 0.336 e. The Kier molecular flexibility index (Phi) is 6.53. The third-order valence-corrected chi connectivity index (χ3v) is 5.57. The molecule has 1 heterocycles. The summed E-state index contributed by atoms with van der Waals surface area (Å²) < 4.78 is 41.0. The Balaban J connectivity index is 1.93. The first kappa shape index (κ1) is 21.6. The predicted octanol–water partition coefficient (Wildman–Crippen LogP) is 5.95. The Morgan fingerprint density at radius 1 is 1.24 bits per heavy atom. The van der Waals surface area contributed by atoms with Crippen molar-refractivity contribution in [2.75, 3.05) is 11.9 Å². The van der Waals surface area contributed by atoms with Gasteiger partial charge in [-0.05, 0) is 38.0 Å². The Morgan fingerprint density at radius 3 is 2.52 bits per heavy atom. The van der Waals surface area contributed by atoms with Gasteiger partial charge in [-0.2, -0.15) is 13.2 Å². The van der Waals surface area contributed by atoms with Crippen molar-refractivity contribution in [1.82, 2.24) is 14.9 Å². The summed E-state index contributed by atoms with van der Waals surface area (Å²) in [5, 5.41) is 3.20. The van der Waals surface area contributed by atoms with E-state index in [2.05, 4.69) is 15.3 Å². The average molecular weight is 447 g/mol. The van der Waals surface area contributed by atoms with Crippen LogP contribution in [0.25, 0.3) is 0 Å². The van der Waals surface area contributed by atoms with E-state index in [1.165, 1.54) is 23.1 Å². The summed E-state index contributed by atoms with van der Waals surface area (Å²) in [6, 6.07) is 4.42. The number of nitrogens with one attached hydrogen (secondary N) is 1. The standard InChI is InChI=1S/C19H19Cl2F3N4O/c1-2-28(12-5-3-4-6-12)17(29)13-10-25-18(27-16(13)19(22,23)24)26-11-7-8-14(20)15(21)9-11/h7-10,12H,2-6H2,1H3,(H,25,26,27). The van der Waals surface area contributed by atoms with E-state index in [4.69, 9.17) is 23.2 Å². The molecule has 5 nitrogen and oxygen atoms in total. The zero-order valence-corrected chi connectivity index (χ0v) is 17.1. The summed E-state index contributed by atoms with van der Waals surface area (Å²) in [6.45, 7) is 2.08. The molecule has 1 aromatic carbocycles. The lowest BCUT2D eigenvalue weighted by Gasteiger charge is -2.28. The van der Waals surface area contributed by atoms with Crippen molar-refractivity contribution >= 4 is 40.7 Å². The summed E-state index contributed by atoms with van der Waals surface area (Å²) in [6.07, 6.45) is -0.378. The van der Waals surface area contributed by atoms with Gasteiger partial charge < -0.3 is 10.2 Å². The van der Waals surface area contributed by atoms with Crippen molar-refractivity contribution in [3.63, 3.8) is 0 Å². The van der Waals surface area contributed by atoms with Crippen LogP contribution in [0.15, 0.2) is 24.4 Å². The highest BCUT2D eigenvalue weighted by Gasteiger charge is 2.40. The number of amides is 1. The average Bonchev–Trinajstić information content (AvgIpc) is 3.19. The van der Waals surface area contributed by atoms with E-state index >= 15 is 0 Å². The van der Waals surface area contributed by atoms with Crippen LogP contribution in [0, 0.1) is 0 Å².